The van der Waals surface area contributed by atoms with E-state index in [1.165, 1.54) is 0 Å². The second-order valence-corrected chi connectivity index (χ2v) is 5.73. The third-order valence-corrected chi connectivity index (χ3v) is 3.87. The van der Waals surface area contributed by atoms with Crippen molar-refractivity contribution < 1.29 is 14.2 Å². The zero-order valence-corrected chi connectivity index (χ0v) is 15.7. The van der Waals surface area contributed by atoms with Gasteiger partial charge in [0.1, 0.15) is 34.7 Å². The van der Waals surface area contributed by atoms with Gasteiger partial charge in [-0.2, -0.15) is 0 Å². The van der Waals surface area contributed by atoms with E-state index < -0.39 is 0 Å². The largest absolute Gasteiger partial charge is 0.497 e. The number of ether oxygens (including phenoxy) is 3. The molecule has 3 aromatic rings. The smallest absolute Gasteiger partial charge is 0.142 e. The van der Waals surface area contributed by atoms with Crippen LogP contribution in [0.2, 0.25) is 0 Å². The molecule has 0 bridgehead atoms. The summed E-state index contributed by atoms with van der Waals surface area (Å²) in [6.45, 7) is 1.84. The lowest BCUT2D eigenvalue weighted by atomic mass is 10.2. The van der Waals surface area contributed by atoms with Gasteiger partial charge < -0.3 is 24.8 Å². The molecule has 0 aliphatic rings. The summed E-state index contributed by atoms with van der Waals surface area (Å²) in [4.78, 5) is 8.89. The maximum absolute atomic E-state index is 5.41. The fourth-order valence-corrected chi connectivity index (χ4v) is 2.57. The molecule has 0 aliphatic carbocycles. The quantitative estimate of drug-likeness (QED) is 0.645. The normalized spacial score (nSPS) is 10.2. The molecule has 1 aromatic heterocycles. The fraction of sp³-hybridized carbons (Fsp3) is 0.200. The number of aryl methyl sites for hydroxylation is 1. The first-order chi connectivity index (χ1) is 13.1. The average Bonchev–Trinajstić information content (AvgIpc) is 2.68. The maximum Gasteiger partial charge on any atom is 0.142 e. The number of benzene rings is 2. The zero-order valence-electron chi connectivity index (χ0n) is 15.7. The number of anilines is 4. The van der Waals surface area contributed by atoms with E-state index in [9.17, 15) is 0 Å². The summed E-state index contributed by atoms with van der Waals surface area (Å²) in [7, 11) is 4.88. The zero-order chi connectivity index (χ0) is 19.2. The van der Waals surface area contributed by atoms with Crippen LogP contribution < -0.4 is 24.8 Å². The van der Waals surface area contributed by atoms with E-state index in [2.05, 4.69) is 20.6 Å². The second-order valence-electron chi connectivity index (χ2n) is 5.73. The Morgan fingerprint density at radius 3 is 1.96 bits per heavy atom. The minimum atomic E-state index is 0.637. The molecule has 0 saturated carbocycles. The van der Waals surface area contributed by atoms with Crippen LogP contribution in [0.25, 0.3) is 0 Å². The highest BCUT2D eigenvalue weighted by Gasteiger charge is 2.08. The van der Waals surface area contributed by atoms with Crippen molar-refractivity contribution in [1.82, 2.24) is 9.97 Å². The SMILES string of the molecule is COc1ccc(Nc2cc(Nc3cc(OC)ccc3OC)nc(C)n2)cc1. The molecule has 7 heteroatoms. The summed E-state index contributed by atoms with van der Waals surface area (Å²) in [6.07, 6.45) is 0. The lowest BCUT2D eigenvalue weighted by molar-refractivity contribution is 0.405. The number of methoxy groups -OCH3 is 3. The summed E-state index contributed by atoms with van der Waals surface area (Å²) in [5.41, 5.74) is 1.66. The monoisotopic (exact) mass is 366 g/mol. The van der Waals surface area contributed by atoms with Crippen LogP contribution in [0.5, 0.6) is 17.2 Å². The van der Waals surface area contributed by atoms with Crippen molar-refractivity contribution in [2.75, 3.05) is 32.0 Å². The van der Waals surface area contributed by atoms with E-state index in [4.69, 9.17) is 14.2 Å². The predicted molar refractivity (Wildman–Crippen MR) is 106 cm³/mol. The summed E-state index contributed by atoms with van der Waals surface area (Å²) in [5, 5.41) is 6.54. The van der Waals surface area contributed by atoms with Gasteiger partial charge in [-0.05, 0) is 43.3 Å². The summed E-state index contributed by atoms with van der Waals surface area (Å²) >= 11 is 0. The molecular formula is C20H22N4O3. The second kappa shape index (κ2) is 8.27. The highest BCUT2D eigenvalue weighted by Crippen LogP contribution is 2.31. The molecule has 0 saturated heterocycles. The minimum absolute atomic E-state index is 0.637. The standard InChI is InChI=1S/C20H22N4O3/c1-13-21-19(23-14-5-7-15(25-2)8-6-14)12-20(22-13)24-17-11-16(26-3)9-10-18(17)27-4/h5-12H,1-4H3,(H2,21,22,23,24). The molecule has 2 N–H and O–H groups in total. The molecule has 0 spiro atoms. The molecule has 7 nitrogen and oxygen atoms in total. The van der Waals surface area contributed by atoms with E-state index in [1.54, 1.807) is 21.3 Å². The van der Waals surface area contributed by atoms with Crippen molar-refractivity contribution in [2.24, 2.45) is 0 Å². The van der Waals surface area contributed by atoms with Gasteiger partial charge in [0.2, 0.25) is 0 Å². The Labute approximate surface area is 158 Å². The van der Waals surface area contributed by atoms with Gasteiger partial charge in [-0.15, -0.1) is 0 Å². The van der Waals surface area contributed by atoms with Gasteiger partial charge in [0, 0.05) is 17.8 Å². The highest BCUT2D eigenvalue weighted by molar-refractivity contribution is 5.68. The Morgan fingerprint density at radius 1 is 0.704 bits per heavy atom. The van der Waals surface area contributed by atoms with Gasteiger partial charge in [0.05, 0.1) is 27.0 Å². The van der Waals surface area contributed by atoms with Gasteiger partial charge >= 0.3 is 0 Å². The first-order valence-electron chi connectivity index (χ1n) is 8.37. The molecule has 27 heavy (non-hydrogen) atoms. The number of hydrogen-bond donors (Lipinski definition) is 2. The third-order valence-electron chi connectivity index (χ3n) is 3.87. The first kappa shape index (κ1) is 18.3. The fourth-order valence-electron chi connectivity index (χ4n) is 2.57. The number of nitrogens with zero attached hydrogens (tertiary/aromatic N) is 2. The lowest BCUT2D eigenvalue weighted by Crippen LogP contribution is -2.02. The molecule has 1 heterocycles. The van der Waals surface area contributed by atoms with Crippen LogP contribution in [0.3, 0.4) is 0 Å². The molecule has 140 valence electrons. The highest BCUT2D eigenvalue weighted by atomic mass is 16.5. The van der Waals surface area contributed by atoms with Crippen LogP contribution in [-0.2, 0) is 0 Å². The molecule has 3 rings (SSSR count). The molecule has 0 atom stereocenters. The molecule has 2 aromatic carbocycles. The van der Waals surface area contributed by atoms with Crippen molar-refractivity contribution in [1.29, 1.82) is 0 Å². The number of aromatic nitrogens is 2. The average molecular weight is 366 g/mol. The molecule has 0 aliphatic heterocycles. The van der Waals surface area contributed by atoms with Gasteiger partial charge in [-0.1, -0.05) is 0 Å². The summed E-state index contributed by atoms with van der Waals surface area (Å²) in [5.74, 6) is 4.17. The van der Waals surface area contributed by atoms with Gasteiger partial charge in [0.15, 0.2) is 0 Å². The Hall–Kier alpha value is -3.48. The van der Waals surface area contributed by atoms with Crippen molar-refractivity contribution in [3.05, 3.63) is 54.4 Å². The van der Waals surface area contributed by atoms with Crippen LogP contribution in [0.1, 0.15) is 5.82 Å². The van der Waals surface area contributed by atoms with Crippen LogP contribution in [0, 0.1) is 6.92 Å². The topological polar surface area (TPSA) is 77.5 Å². The van der Waals surface area contributed by atoms with Crippen LogP contribution in [-0.4, -0.2) is 31.3 Å². The molecule has 0 amide bonds. The molecule has 0 unspecified atom stereocenters. The molecule has 0 radical (unpaired) electrons. The Kier molecular flexibility index (Phi) is 5.61. The van der Waals surface area contributed by atoms with Crippen molar-refractivity contribution in [3.63, 3.8) is 0 Å². The van der Waals surface area contributed by atoms with Crippen molar-refractivity contribution in [2.45, 2.75) is 6.92 Å². The number of nitrogens with one attached hydrogen (secondary N) is 2. The summed E-state index contributed by atoms with van der Waals surface area (Å²) < 4.78 is 15.9. The van der Waals surface area contributed by atoms with E-state index in [-0.39, 0.29) is 0 Å². The maximum atomic E-state index is 5.41. The molecular weight excluding hydrogens is 344 g/mol. The Balaban J connectivity index is 1.85. The number of hydrogen-bond acceptors (Lipinski definition) is 7. The summed E-state index contributed by atoms with van der Waals surface area (Å²) in [6, 6.07) is 15.0. The van der Waals surface area contributed by atoms with Gasteiger partial charge in [-0.25, -0.2) is 9.97 Å². The van der Waals surface area contributed by atoms with E-state index >= 15 is 0 Å². The third kappa shape index (κ3) is 4.58. The minimum Gasteiger partial charge on any atom is -0.497 e. The Morgan fingerprint density at radius 2 is 1.33 bits per heavy atom. The van der Waals surface area contributed by atoms with E-state index in [0.29, 0.717) is 23.2 Å². The number of rotatable bonds is 7. The van der Waals surface area contributed by atoms with Crippen molar-refractivity contribution >= 4 is 23.0 Å². The van der Waals surface area contributed by atoms with E-state index in [0.717, 1.165) is 22.9 Å². The van der Waals surface area contributed by atoms with E-state index in [1.807, 2.05) is 55.5 Å². The lowest BCUT2D eigenvalue weighted by Gasteiger charge is -2.14. The Bertz CT molecular complexity index is 914. The van der Waals surface area contributed by atoms with Crippen LogP contribution >= 0.6 is 0 Å². The first-order valence-corrected chi connectivity index (χ1v) is 8.37. The molecule has 0 fully saturated rings. The van der Waals surface area contributed by atoms with Gasteiger partial charge in [0.25, 0.3) is 0 Å². The van der Waals surface area contributed by atoms with Gasteiger partial charge in [-0.3, -0.25) is 0 Å². The van der Waals surface area contributed by atoms with Crippen LogP contribution in [0.15, 0.2) is 48.5 Å². The predicted octanol–water partition coefficient (Wildman–Crippen LogP) is 4.30. The van der Waals surface area contributed by atoms with Crippen LogP contribution in [0.4, 0.5) is 23.0 Å². The van der Waals surface area contributed by atoms with Crippen molar-refractivity contribution in [3.8, 4) is 17.2 Å².